The van der Waals surface area contributed by atoms with Crippen molar-refractivity contribution >= 4 is 5.97 Å². The van der Waals surface area contributed by atoms with Gasteiger partial charge in [0.2, 0.25) is 0 Å². The minimum atomic E-state index is -0.228. The van der Waals surface area contributed by atoms with E-state index in [1.807, 2.05) is 19.9 Å². The number of carbonyl (C=O) groups is 1. The number of hydrogen-bond acceptors (Lipinski definition) is 3. The van der Waals surface area contributed by atoms with Crippen LogP contribution in [0.1, 0.15) is 13.8 Å². The molecule has 1 N–H and O–H groups in total. The van der Waals surface area contributed by atoms with Crippen LogP contribution in [0.15, 0.2) is 11.6 Å². The molecule has 0 aromatic rings. The summed E-state index contributed by atoms with van der Waals surface area (Å²) in [6.45, 7) is 4.99. The Labute approximate surface area is 67.4 Å². The Morgan fingerprint density at radius 1 is 1.55 bits per heavy atom. The minimum absolute atomic E-state index is 0.228. The summed E-state index contributed by atoms with van der Waals surface area (Å²) in [5.74, 6) is -0.228. The van der Waals surface area contributed by atoms with Crippen LogP contribution in [0.5, 0.6) is 0 Å². The maximum Gasteiger partial charge on any atom is 0.319 e. The van der Waals surface area contributed by atoms with Gasteiger partial charge >= 0.3 is 5.97 Å². The Hall–Kier alpha value is -0.830. The van der Waals surface area contributed by atoms with Crippen molar-refractivity contribution in [2.45, 2.75) is 13.8 Å². The molecule has 0 saturated heterocycles. The first kappa shape index (κ1) is 10.2. The maximum atomic E-state index is 10.6. The molecule has 0 rings (SSSR count). The van der Waals surface area contributed by atoms with E-state index in [2.05, 4.69) is 10.1 Å². The Morgan fingerprint density at radius 2 is 2.18 bits per heavy atom. The van der Waals surface area contributed by atoms with Crippen LogP contribution in [-0.2, 0) is 9.53 Å². The standard InChI is InChI=1S/C8H15NO2/c1-4-7(2)5-9-6-8(10)11-3/h4,9H,5-6H2,1-3H3/b7-4+. The average molecular weight is 157 g/mol. The second kappa shape index (κ2) is 5.92. The third-order valence-electron chi connectivity index (χ3n) is 1.39. The largest absolute Gasteiger partial charge is 0.468 e. The van der Waals surface area contributed by atoms with Gasteiger partial charge in [-0.05, 0) is 13.8 Å². The summed E-state index contributed by atoms with van der Waals surface area (Å²) in [5.41, 5.74) is 1.22. The molecule has 0 radical (unpaired) electrons. The Morgan fingerprint density at radius 3 is 2.64 bits per heavy atom. The Kier molecular flexibility index (Phi) is 5.47. The fraction of sp³-hybridized carbons (Fsp3) is 0.625. The van der Waals surface area contributed by atoms with Crippen molar-refractivity contribution in [3.05, 3.63) is 11.6 Å². The summed E-state index contributed by atoms with van der Waals surface area (Å²) in [6.07, 6.45) is 2.00. The molecule has 0 heterocycles. The SMILES string of the molecule is C/C=C(\C)CNCC(=O)OC. The van der Waals surface area contributed by atoms with Gasteiger partial charge in [-0.3, -0.25) is 4.79 Å². The number of rotatable bonds is 4. The lowest BCUT2D eigenvalue weighted by Gasteiger charge is -2.02. The van der Waals surface area contributed by atoms with E-state index in [0.717, 1.165) is 6.54 Å². The van der Waals surface area contributed by atoms with E-state index in [9.17, 15) is 4.79 Å². The van der Waals surface area contributed by atoms with Crippen LogP contribution in [0.25, 0.3) is 0 Å². The molecule has 0 aromatic heterocycles. The van der Waals surface area contributed by atoms with Gasteiger partial charge in [0.15, 0.2) is 0 Å². The lowest BCUT2D eigenvalue weighted by atomic mass is 10.3. The van der Waals surface area contributed by atoms with Crippen molar-refractivity contribution in [2.24, 2.45) is 0 Å². The van der Waals surface area contributed by atoms with Crippen molar-refractivity contribution in [1.82, 2.24) is 5.32 Å². The van der Waals surface area contributed by atoms with E-state index in [0.29, 0.717) is 0 Å². The minimum Gasteiger partial charge on any atom is -0.468 e. The molecular formula is C8H15NO2. The van der Waals surface area contributed by atoms with Gasteiger partial charge in [0.25, 0.3) is 0 Å². The van der Waals surface area contributed by atoms with Gasteiger partial charge < -0.3 is 10.1 Å². The third-order valence-corrected chi connectivity index (χ3v) is 1.39. The first-order valence-electron chi connectivity index (χ1n) is 3.60. The molecule has 0 unspecified atom stereocenters. The summed E-state index contributed by atoms with van der Waals surface area (Å²) < 4.78 is 4.44. The number of allylic oxidation sites excluding steroid dienone is 1. The highest BCUT2D eigenvalue weighted by molar-refractivity contribution is 5.71. The van der Waals surface area contributed by atoms with Crippen LogP contribution in [0.3, 0.4) is 0 Å². The summed E-state index contributed by atoms with van der Waals surface area (Å²) in [5, 5.41) is 2.94. The van der Waals surface area contributed by atoms with Gasteiger partial charge in [-0.15, -0.1) is 0 Å². The molecule has 0 saturated carbocycles. The topological polar surface area (TPSA) is 38.3 Å². The van der Waals surface area contributed by atoms with Crippen molar-refractivity contribution in [3.63, 3.8) is 0 Å². The van der Waals surface area contributed by atoms with Crippen molar-refractivity contribution < 1.29 is 9.53 Å². The fourth-order valence-corrected chi connectivity index (χ4v) is 0.536. The first-order chi connectivity index (χ1) is 5.20. The zero-order valence-corrected chi connectivity index (χ0v) is 7.31. The van der Waals surface area contributed by atoms with Crippen molar-refractivity contribution in [1.29, 1.82) is 0 Å². The van der Waals surface area contributed by atoms with Crippen LogP contribution in [0.2, 0.25) is 0 Å². The second-order valence-corrected chi connectivity index (χ2v) is 2.31. The van der Waals surface area contributed by atoms with Crippen molar-refractivity contribution in [3.8, 4) is 0 Å². The molecule has 3 nitrogen and oxygen atoms in total. The lowest BCUT2D eigenvalue weighted by Crippen LogP contribution is -2.25. The molecule has 0 atom stereocenters. The van der Waals surface area contributed by atoms with E-state index < -0.39 is 0 Å². The zero-order valence-electron chi connectivity index (χ0n) is 7.31. The molecule has 0 aliphatic rings. The lowest BCUT2D eigenvalue weighted by molar-refractivity contribution is -0.139. The average Bonchev–Trinajstić information content (AvgIpc) is 2.04. The van der Waals surface area contributed by atoms with Gasteiger partial charge in [0.1, 0.15) is 0 Å². The molecule has 64 valence electrons. The van der Waals surface area contributed by atoms with Gasteiger partial charge in [-0.2, -0.15) is 0 Å². The van der Waals surface area contributed by atoms with Gasteiger partial charge in [0.05, 0.1) is 13.7 Å². The van der Waals surface area contributed by atoms with Crippen molar-refractivity contribution in [2.75, 3.05) is 20.2 Å². The van der Waals surface area contributed by atoms with Crippen LogP contribution in [0.4, 0.5) is 0 Å². The van der Waals surface area contributed by atoms with Crippen LogP contribution in [-0.4, -0.2) is 26.2 Å². The quantitative estimate of drug-likeness (QED) is 0.482. The van der Waals surface area contributed by atoms with Gasteiger partial charge in [0, 0.05) is 6.54 Å². The molecule has 0 aromatic carbocycles. The second-order valence-electron chi connectivity index (χ2n) is 2.31. The smallest absolute Gasteiger partial charge is 0.319 e. The summed E-state index contributed by atoms with van der Waals surface area (Å²) in [7, 11) is 1.38. The van der Waals surface area contributed by atoms with E-state index >= 15 is 0 Å². The fourth-order valence-electron chi connectivity index (χ4n) is 0.536. The van der Waals surface area contributed by atoms with E-state index in [1.165, 1.54) is 12.7 Å². The predicted molar refractivity (Wildman–Crippen MR) is 44.3 cm³/mol. The molecule has 0 bridgehead atoms. The Bertz CT molecular complexity index is 152. The number of hydrogen-bond donors (Lipinski definition) is 1. The maximum absolute atomic E-state index is 10.6. The number of methoxy groups -OCH3 is 1. The molecule has 0 aliphatic heterocycles. The highest BCUT2D eigenvalue weighted by Gasteiger charge is 1.96. The molecule has 0 aliphatic carbocycles. The van der Waals surface area contributed by atoms with E-state index in [4.69, 9.17) is 0 Å². The summed E-state index contributed by atoms with van der Waals surface area (Å²) >= 11 is 0. The molecule has 3 heteroatoms. The summed E-state index contributed by atoms with van der Waals surface area (Å²) in [4.78, 5) is 10.6. The summed E-state index contributed by atoms with van der Waals surface area (Å²) in [6, 6.07) is 0. The highest BCUT2D eigenvalue weighted by Crippen LogP contribution is 1.86. The van der Waals surface area contributed by atoms with Crippen LogP contribution in [0, 0.1) is 0 Å². The molecule has 0 amide bonds. The number of nitrogens with one attached hydrogen (secondary N) is 1. The Balaban J connectivity index is 3.35. The third kappa shape index (κ3) is 5.61. The molecule has 11 heavy (non-hydrogen) atoms. The van der Waals surface area contributed by atoms with Gasteiger partial charge in [-0.1, -0.05) is 11.6 Å². The van der Waals surface area contributed by atoms with E-state index in [-0.39, 0.29) is 12.5 Å². The first-order valence-corrected chi connectivity index (χ1v) is 3.60. The molecule has 0 fully saturated rings. The number of carbonyl (C=O) groups excluding carboxylic acids is 1. The van der Waals surface area contributed by atoms with Crippen LogP contribution >= 0.6 is 0 Å². The van der Waals surface area contributed by atoms with E-state index in [1.54, 1.807) is 0 Å². The zero-order chi connectivity index (χ0) is 8.69. The molecule has 0 spiro atoms. The normalized spacial score (nSPS) is 11.4. The predicted octanol–water partition coefficient (Wildman–Crippen LogP) is 0.715. The number of ether oxygens (including phenoxy) is 1. The molecular weight excluding hydrogens is 142 g/mol. The number of esters is 1. The monoisotopic (exact) mass is 157 g/mol. The highest BCUT2D eigenvalue weighted by atomic mass is 16.5. The van der Waals surface area contributed by atoms with Gasteiger partial charge in [-0.25, -0.2) is 0 Å². The van der Waals surface area contributed by atoms with Crippen LogP contribution < -0.4 is 5.32 Å².